The van der Waals surface area contributed by atoms with Crippen molar-refractivity contribution in [2.75, 3.05) is 20.0 Å². The van der Waals surface area contributed by atoms with Gasteiger partial charge in [0, 0.05) is 5.56 Å². The Morgan fingerprint density at radius 3 is 2.31 bits per heavy atom. The van der Waals surface area contributed by atoms with E-state index in [9.17, 15) is 13.2 Å². The maximum Gasteiger partial charge on any atom is 0.264 e. The Hall–Kier alpha value is -1.40. The lowest BCUT2D eigenvalue weighted by Gasteiger charge is -2.11. The average molecular weight is 242 g/mol. The van der Waals surface area contributed by atoms with Crippen LogP contribution in [0, 0.1) is 0 Å². The molecule has 0 atom stereocenters. The fourth-order valence-corrected chi connectivity index (χ4v) is 2.31. The van der Waals surface area contributed by atoms with Gasteiger partial charge in [-0.25, -0.2) is 13.1 Å². The fourth-order valence-electron chi connectivity index (χ4n) is 1.16. The summed E-state index contributed by atoms with van der Waals surface area (Å²) in [4.78, 5) is 13.0. The highest BCUT2D eigenvalue weighted by molar-refractivity contribution is 7.90. The second-order valence-corrected chi connectivity index (χ2v) is 5.31. The van der Waals surface area contributed by atoms with Crippen LogP contribution < -0.4 is 4.72 Å². The predicted octanol–water partition coefficient (Wildman–Crippen LogP) is 0.265. The molecule has 1 rings (SSSR count). The van der Waals surface area contributed by atoms with E-state index >= 15 is 0 Å². The normalized spacial score (nSPS) is 11.4. The van der Waals surface area contributed by atoms with Crippen molar-refractivity contribution < 1.29 is 13.2 Å². The quantitative estimate of drug-likeness (QED) is 0.822. The van der Waals surface area contributed by atoms with E-state index in [4.69, 9.17) is 0 Å². The molecule has 0 bridgehead atoms. The van der Waals surface area contributed by atoms with Gasteiger partial charge in [-0.3, -0.25) is 9.69 Å². The smallest absolute Gasteiger partial charge is 0.264 e. The first-order valence-corrected chi connectivity index (χ1v) is 6.30. The number of sulfonamides is 1. The van der Waals surface area contributed by atoms with Gasteiger partial charge in [-0.15, -0.1) is 0 Å². The van der Waals surface area contributed by atoms with Crippen LogP contribution in [0.3, 0.4) is 0 Å². The SMILES string of the molecule is CN(C)CS(=O)(=O)NC(=O)c1ccccc1. The van der Waals surface area contributed by atoms with E-state index in [0.29, 0.717) is 5.56 Å². The van der Waals surface area contributed by atoms with Gasteiger partial charge in [0.15, 0.2) is 0 Å². The van der Waals surface area contributed by atoms with Crippen LogP contribution in [-0.2, 0) is 10.0 Å². The van der Waals surface area contributed by atoms with Gasteiger partial charge in [-0.2, -0.15) is 0 Å². The highest BCUT2D eigenvalue weighted by atomic mass is 32.2. The van der Waals surface area contributed by atoms with Crippen molar-refractivity contribution in [3.63, 3.8) is 0 Å². The van der Waals surface area contributed by atoms with Gasteiger partial charge in [-0.05, 0) is 26.2 Å². The van der Waals surface area contributed by atoms with Gasteiger partial charge >= 0.3 is 0 Å². The van der Waals surface area contributed by atoms with E-state index in [1.165, 1.54) is 4.90 Å². The van der Waals surface area contributed by atoms with Crippen LogP contribution in [0.15, 0.2) is 30.3 Å². The molecule has 0 aliphatic rings. The average Bonchev–Trinajstić information content (AvgIpc) is 2.16. The van der Waals surface area contributed by atoms with Gasteiger partial charge < -0.3 is 0 Å². The zero-order valence-corrected chi connectivity index (χ0v) is 9.99. The predicted molar refractivity (Wildman–Crippen MR) is 61.4 cm³/mol. The molecule has 0 radical (unpaired) electrons. The maximum absolute atomic E-state index is 11.5. The molecule has 0 unspecified atom stereocenters. The molecule has 0 saturated carbocycles. The first-order chi connectivity index (χ1) is 7.41. The number of rotatable bonds is 4. The molecule has 6 heteroatoms. The molecule has 5 nitrogen and oxygen atoms in total. The fraction of sp³-hybridized carbons (Fsp3) is 0.300. The number of amides is 1. The molecule has 0 saturated heterocycles. The number of nitrogens with zero attached hydrogens (tertiary/aromatic N) is 1. The highest BCUT2D eigenvalue weighted by Gasteiger charge is 2.16. The molecule has 1 amide bonds. The Balaban J connectivity index is 2.73. The van der Waals surface area contributed by atoms with E-state index in [1.54, 1.807) is 44.4 Å². The molecule has 0 spiro atoms. The molecule has 16 heavy (non-hydrogen) atoms. The summed E-state index contributed by atoms with van der Waals surface area (Å²) in [6.07, 6.45) is 0. The standard InChI is InChI=1S/C10H14N2O3S/c1-12(2)8-16(14,15)11-10(13)9-6-4-3-5-7-9/h3-7H,8H2,1-2H3,(H,11,13). The minimum absolute atomic E-state index is 0.217. The molecule has 1 N–H and O–H groups in total. The van der Waals surface area contributed by atoms with E-state index in [-0.39, 0.29) is 5.88 Å². The van der Waals surface area contributed by atoms with Crippen molar-refractivity contribution in [3.8, 4) is 0 Å². The van der Waals surface area contributed by atoms with E-state index in [0.717, 1.165) is 0 Å². The molecule has 0 fully saturated rings. The summed E-state index contributed by atoms with van der Waals surface area (Å²) < 4.78 is 24.9. The third kappa shape index (κ3) is 4.00. The minimum atomic E-state index is -3.60. The van der Waals surface area contributed by atoms with Gasteiger partial charge in [0.05, 0.1) is 0 Å². The second kappa shape index (κ2) is 5.09. The zero-order chi connectivity index (χ0) is 12.2. The van der Waals surface area contributed by atoms with Crippen LogP contribution in [0.1, 0.15) is 10.4 Å². The van der Waals surface area contributed by atoms with E-state index < -0.39 is 15.9 Å². The summed E-state index contributed by atoms with van der Waals surface area (Å²) in [7, 11) is -0.367. The Bertz CT molecular complexity index is 454. The number of hydrogen-bond donors (Lipinski definition) is 1. The number of benzene rings is 1. The Kier molecular flexibility index (Phi) is 4.03. The van der Waals surface area contributed by atoms with Crippen LogP contribution in [0.4, 0.5) is 0 Å². The molecule has 1 aromatic rings. The lowest BCUT2D eigenvalue weighted by atomic mass is 10.2. The third-order valence-electron chi connectivity index (χ3n) is 1.71. The summed E-state index contributed by atoms with van der Waals surface area (Å²) in [5, 5.41) is 0. The van der Waals surface area contributed by atoms with Crippen molar-refractivity contribution in [1.82, 2.24) is 9.62 Å². The zero-order valence-electron chi connectivity index (χ0n) is 9.17. The van der Waals surface area contributed by atoms with Crippen molar-refractivity contribution in [2.24, 2.45) is 0 Å². The van der Waals surface area contributed by atoms with Gasteiger partial charge in [0.1, 0.15) is 5.88 Å². The van der Waals surface area contributed by atoms with Crippen molar-refractivity contribution in [3.05, 3.63) is 35.9 Å². The lowest BCUT2D eigenvalue weighted by molar-refractivity contribution is 0.0981. The molecule has 0 aliphatic heterocycles. The molecule has 88 valence electrons. The van der Waals surface area contributed by atoms with Gasteiger partial charge in [0.25, 0.3) is 5.91 Å². The summed E-state index contributed by atoms with van der Waals surface area (Å²) in [5.41, 5.74) is 0.324. The number of hydrogen-bond acceptors (Lipinski definition) is 4. The minimum Gasteiger partial charge on any atom is -0.294 e. The van der Waals surface area contributed by atoms with Crippen LogP contribution in [0.2, 0.25) is 0 Å². The van der Waals surface area contributed by atoms with Crippen LogP contribution >= 0.6 is 0 Å². The number of nitrogens with one attached hydrogen (secondary N) is 1. The van der Waals surface area contributed by atoms with Crippen LogP contribution in [-0.4, -0.2) is 39.2 Å². The number of carbonyl (C=O) groups is 1. The Morgan fingerprint density at radius 1 is 1.25 bits per heavy atom. The van der Waals surface area contributed by atoms with Crippen molar-refractivity contribution >= 4 is 15.9 Å². The third-order valence-corrected chi connectivity index (χ3v) is 3.07. The molecule has 0 heterocycles. The first kappa shape index (κ1) is 12.7. The topological polar surface area (TPSA) is 66.5 Å². The number of carbonyl (C=O) groups excluding carboxylic acids is 1. The van der Waals surface area contributed by atoms with Crippen molar-refractivity contribution in [2.45, 2.75) is 0 Å². The van der Waals surface area contributed by atoms with E-state index in [1.807, 2.05) is 4.72 Å². The monoisotopic (exact) mass is 242 g/mol. The summed E-state index contributed by atoms with van der Waals surface area (Å²) in [6.45, 7) is 0. The van der Waals surface area contributed by atoms with Gasteiger partial charge in [0.2, 0.25) is 10.0 Å². The molecular formula is C10H14N2O3S. The largest absolute Gasteiger partial charge is 0.294 e. The second-order valence-electron chi connectivity index (χ2n) is 3.62. The molecule has 0 aliphatic carbocycles. The van der Waals surface area contributed by atoms with E-state index in [2.05, 4.69) is 0 Å². The molecular weight excluding hydrogens is 228 g/mol. The van der Waals surface area contributed by atoms with Crippen LogP contribution in [0.5, 0.6) is 0 Å². The maximum atomic E-state index is 11.5. The Morgan fingerprint density at radius 2 is 1.81 bits per heavy atom. The van der Waals surface area contributed by atoms with Gasteiger partial charge in [-0.1, -0.05) is 18.2 Å². The van der Waals surface area contributed by atoms with Crippen LogP contribution in [0.25, 0.3) is 0 Å². The first-order valence-electron chi connectivity index (χ1n) is 4.65. The highest BCUT2D eigenvalue weighted by Crippen LogP contribution is 1.99. The summed E-state index contributed by atoms with van der Waals surface area (Å²) >= 11 is 0. The van der Waals surface area contributed by atoms with Crippen molar-refractivity contribution in [1.29, 1.82) is 0 Å². The molecule has 1 aromatic carbocycles. The summed E-state index contributed by atoms with van der Waals surface area (Å²) in [5.74, 6) is -0.826. The summed E-state index contributed by atoms with van der Waals surface area (Å²) in [6, 6.07) is 8.22. The Labute approximate surface area is 95.1 Å². The lowest BCUT2D eigenvalue weighted by Crippen LogP contribution is -2.36. The molecule has 0 aromatic heterocycles.